The van der Waals surface area contributed by atoms with Crippen LogP contribution in [-0.2, 0) is 16.6 Å². The van der Waals surface area contributed by atoms with Gasteiger partial charge in [0.15, 0.2) is 0 Å². The molecule has 0 spiro atoms. The fourth-order valence-electron chi connectivity index (χ4n) is 2.68. The molecule has 8 nitrogen and oxygen atoms in total. The van der Waals surface area contributed by atoms with E-state index in [4.69, 9.17) is 5.11 Å². The van der Waals surface area contributed by atoms with Crippen molar-refractivity contribution in [2.75, 3.05) is 11.9 Å². The first-order chi connectivity index (χ1) is 11.9. The highest BCUT2D eigenvalue weighted by Gasteiger charge is 2.44. The first-order valence-electron chi connectivity index (χ1n) is 7.83. The predicted molar refractivity (Wildman–Crippen MR) is 89.1 cm³/mol. The number of nitrogens with zero attached hydrogens (tertiary/aromatic N) is 2. The van der Waals surface area contributed by atoms with Crippen molar-refractivity contribution in [1.29, 1.82) is 0 Å². The van der Waals surface area contributed by atoms with Gasteiger partial charge >= 0.3 is 5.97 Å². The van der Waals surface area contributed by atoms with E-state index in [1.54, 1.807) is 23.0 Å². The van der Waals surface area contributed by atoms with Crippen molar-refractivity contribution >= 4 is 23.5 Å². The highest BCUT2D eigenvalue weighted by molar-refractivity contribution is 5.98. The number of carboxylic acids is 1. The number of carbonyl (C=O) groups excluding carboxylic acids is 2. The molecule has 0 bridgehead atoms. The summed E-state index contributed by atoms with van der Waals surface area (Å²) in [7, 11) is 1.84. The van der Waals surface area contributed by atoms with E-state index in [1.165, 1.54) is 12.1 Å². The summed E-state index contributed by atoms with van der Waals surface area (Å²) < 4.78 is 1.72. The van der Waals surface area contributed by atoms with Gasteiger partial charge in [-0.25, -0.2) is 0 Å². The number of hydrogen-bond acceptors (Lipinski definition) is 4. The van der Waals surface area contributed by atoms with E-state index >= 15 is 0 Å². The minimum atomic E-state index is -1.11. The fourth-order valence-corrected chi connectivity index (χ4v) is 2.68. The van der Waals surface area contributed by atoms with Gasteiger partial charge in [0, 0.05) is 30.4 Å². The van der Waals surface area contributed by atoms with Crippen molar-refractivity contribution in [3.8, 4) is 0 Å². The largest absolute Gasteiger partial charge is 0.480 e. The molecule has 2 aromatic rings. The van der Waals surface area contributed by atoms with E-state index in [1.807, 2.05) is 13.2 Å². The molecule has 8 heteroatoms. The average molecular weight is 342 g/mol. The number of carboxylic acid groups (broad SMARTS) is 1. The molecular weight excluding hydrogens is 324 g/mol. The zero-order valence-corrected chi connectivity index (χ0v) is 13.6. The summed E-state index contributed by atoms with van der Waals surface area (Å²) in [5.41, 5.74) is 1.99. The van der Waals surface area contributed by atoms with E-state index in [2.05, 4.69) is 15.7 Å². The molecule has 1 fully saturated rings. The molecule has 3 rings (SSSR count). The van der Waals surface area contributed by atoms with Gasteiger partial charge in [0.05, 0.1) is 6.20 Å². The normalized spacial score (nSPS) is 18.4. The Hall–Kier alpha value is -3.16. The summed E-state index contributed by atoms with van der Waals surface area (Å²) in [4.78, 5) is 34.5. The van der Waals surface area contributed by atoms with E-state index in [9.17, 15) is 14.4 Å². The van der Waals surface area contributed by atoms with Gasteiger partial charge in [-0.05, 0) is 42.2 Å². The van der Waals surface area contributed by atoms with Gasteiger partial charge < -0.3 is 15.7 Å². The van der Waals surface area contributed by atoms with Crippen LogP contribution in [-0.4, -0.2) is 39.2 Å². The Kier molecular flexibility index (Phi) is 4.51. The Balaban J connectivity index is 1.54. The van der Waals surface area contributed by atoms with Crippen LogP contribution in [0.2, 0.25) is 0 Å². The van der Waals surface area contributed by atoms with Gasteiger partial charge in [-0.15, -0.1) is 0 Å². The van der Waals surface area contributed by atoms with Gasteiger partial charge in [0.1, 0.15) is 6.54 Å². The maximum atomic E-state index is 12.3. The summed E-state index contributed by atoms with van der Waals surface area (Å²) in [6, 6.07) is 6.32. The fraction of sp³-hybridized carbons (Fsp3) is 0.294. The molecule has 0 saturated heterocycles. The Morgan fingerprint density at radius 3 is 2.60 bits per heavy atom. The maximum absolute atomic E-state index is 12.3. The summed E-state index contributed by atoms with van der Waals surface area (Å²) in [6.07, 6.45) is 4.50. The number of benzene rings is 1. The molecular formula is C17H18N4O4. The molecule has 0 aliphatic heterocycles. The smallest absolute Gasteiger partial charge is 0.322 e. The Bertz CT molecular complexity index is 812. The lowest BCUT2D eigenvalue weighted by Gasteiger charge is -2.06. The summed E-state index contributed by atoms with van der Waals surface area (Å²) in [6.45, 7) is -0.436. The number of carbonyl (C=O) groups is 3. The van der Waals surface area contributed by atoms with Gasteiger partial charge in [-0.1, -0.05) is 0 Å². The topological polar surface area (TPSA) is 113 Å². The molecule has 1 aromatic heterocycles. The number of aliphatic carboxylic acids is 1. The molecule has 25 heavy (non-hydrogen) atoms. The quantitative estimate of drug-likeness (QED) is 0.724. The minimum absolute atomic E-state index is 0.0584. The van der Waals surface area contributed by atoms with Crippen LogP contribution >= 0.6 is 0 Å². The van der Waals surface area contributed by atoms with E-state index in [0.29, 0.717) is 11.3 Å². The highest BCUT2D eigenvalue weighted by Crippen LogP contribution is 2.47. The molecule has 2 amide bonds. The second-order valence-corrected chi connectivity index (χ2v) is 6.04. The van der Waals surface area contributed by atoms with Gasteiger partial charge in [-0.2, -0.15) is 5.10 Å². The lowest BCUT2D eigenvalue weighted by molar-refractivity contribution is -0.135. The van der Waals surface area contributed by atoms with Crippen molar-refractivity contribution < 1.29 is 19.5 Å². The Labute approximate surface area is 143 Å². The summed E-state index contributed by atoms with van der Waals surface area (Å²) >= 11 is 0. The van der Waals surface area contributed by atoms with E-state index in [-0.39, 0.29) is 17.7 Å². The monoisotopic (exact) mass is 342 g/mol. The standard InChI is InChI=1S/C17H18N4O4/c1-21-9-11(7-19-21)13-6-14(13)17(25)20-12-4-2-10(3-5-12)16(24)18-8-15(22)23/h2-5,7,9,13-14H,6,8H2,1H3,(H,18,24)(H,20,25)(H,22,23). The zero-order chi connectivity index (χ0) is 18.0. The van der Waals surface area contributed by atoms with Gasteiger partial charge in [0.2, 0.25) is 5.91 Å². The number of aryl methyl sites for hydroxylation is 1. The van der Waals surface area contributed by atoms with Crippen LogP contribution in [0.15, 0.2) is 36.7 Å². The Morgan fingerprint density at radius 1 is 1.28 bits per heavy atom. The van der Waals surface area contributed by atoms with Crippen molar-refractivity contribution in [3.05, 3.63) is 47.8 Å². The van der Waals surface area contributed by atoms with Crippen molar-refractivity contribution in [2.45, 2.75) is 12.3 Å². The number of amides is 2. The van der Waals surface area contributed by atoms with Crippen LogP contribution in [0.5, 0.6) is 0 Å². The molecule has 0 radical (unpaired) electrons. The molecule has 1 aliphatic carbocycles. The molecule has 130 valence electrons. The molecule has 1 aromatic carbocycles. The molecule has 3 N–H and O–H groups in total. The highest BCUT2D eigenvalue weighted by atomic mass is 16.4. The lowest BCUT2D eigenvalue weighted by atomic mass is 10.1. The second-order valence-electron chi connectivity index (χ2n) is 6.04. The molecule has 1 aliphatic rings. The first kappa shape index (κ1) is 16.7. The van der Waals surface area contributed by atoms with Crippen LogP contribution in [0.1, 0.15) is 28.3 Å². The zero-order valence-electron chi connectivity index (χ0n) is 13.6. The van der Waals surface area contributed by atoms with Crippen LogP contribution in [0.3, 0.4) is 0 Å². The third-order valence-corrected chi connectivity index (χ3v) is 4.10. The predicted octanol–water partition coefficient (Wildman–Crippen LogP) is 0.977. The third kappa shape index (κ3) is 4.03. The third-order valence-electron chi connectivity index (χ3n) is 4.10. The van der Waals surface area contributed by atoms with Crippen molar-refractivity contribution in [1.82, 2.24) is 15.1 Å². The van der Waals surface area contributed by atoms with Crippen LogP contribution in [0.4, 0.5) is 5.69 Å². The van der Waals surface area contributed by atoms with Gasteiger partial charge in [-0.3, -0.25) is 19.1 Å². The van der Waals surface area contributed by atoms with E-state index in [0.717, 1.165) is 12.0 Å². The minimum Gasteiger partial charge on any atom is -0.480 e. The lowest BCUT2D eigenvalue weighted by Crippen LogP contribution is -2.29. The maximum Gasteiger partial charge on any atom is 0.322 e. The van der Waals surface area contributed by atoms with Crippen LogP contribution < -0.4 is 10.6 Å². The average Bonchev–Trinajstić information content (AvgIpc) is 3.28. The van der Waals surface area contributed by atoms with Gasteiger partial charge in [0.25, 0.3) is 5.91 Å². The SMILES string of the molecule is Cn1cc(C2CC2C(=O)Nc2ccc(C(=O)NCC(=O)O)cc2)cn1. The molecule has 2 atom stereocenters. The Morgan fingerprint density at radius 2 is 2.00 bits per heavy atom. The van der Waals surface area contributed by atoms with Crippen molar-refractivity contribution in [2.24, 2.45) is 13.0 Å². The number of rotatable bonds is 6. The first-order valence-corrected chi connectivity index (χ1v) is 7.83. The molecule has 1 saturated carbocycles. The molecule has 1 heterocycles. The number of anilines is 1. The van der Waals surface area contributed by atoms with Crippen LogP contribution in [0, 0.1) is 5.92 Å². The summed E-state index contributed by atoms with van der Waals surface area (Å²) in [5.74, 6) is -1.50. The number of hydrogen-bond donors (Lipinski definition) is 3. The van der Waals surface area contributed by atoms with E-state index < -0.39 is 18.4 Å². The second kappa shape index (κ2) is 6.76. The summed E-state index contributed by atoms with van der Waals surface area (Å²) in [5, 5.41) is 17.8. The number of nitrogens with one attached hydrogen (secondary N) is 2. The number of aromatic nitrogens is 2. The van der Waals surface area contributed by atoms with Crippen LogP contribution in [0.25, 0.3) is 0 Å². The van der Waals surface area contributed by atoms with Crippen molar-refractivity contribution in [3.63, 3.8) is 0 Å². The molecule has 2 unspecified atom stereocenters.